The van der Waals surface area contributed by atoms with Crippen molar-refractivity contribution in [2.45, 2.75) is 39.7 Å². The molecule has 2 aromatic heterocycles. The van der Waals surface area contributed by atoms with Crippen molar-refractivity contribution in [3.05, 3.63) is 48.2 Å². The summed E-state index contributed by atoms with van der Waals surface area (Å²) in [7, 11) is 2.03. The molecule has 146 valence electrons. The fourth-order valence-electron chi connectivity index (χ4n) is 4.05. The van der Waals surface area contributed by atoms with Crippen molar-refractivity contribution in [1.29, 1.82) is 0 Å². The normalized spacial score (nSPS) is 17.7. The average molecular weight is 377 g/mol. The summed E-state index contributed by atoms with van der Waals surface area (Å²) in [4.78, 5) is 24.1. The minimum atomic E-state index is 0.142. The minimum Gasteiger partial charge on any atom is -0.331 e. The summed E-state index contributed by atoms with van der Waals surface area (Å²) in [6.07, 6.45) is 5.17. The van der Waals surface area contributed by atoms with E-state index >= 15 is 0 Å². The molecular formula is C23H28N4O. The van der Waals surface area contributed by atoms with Gasteiger partial charge in [0.15, 0.2) is 0 Å². The van der Waals surface area contributed by atoms with Crippen molar-refractivity contribution in [3.63, 3.8) is 0 Å². The second kappa shape index (κ2) is 7.47. The van der Waals surface area contributed by atoms with Gasteiger partial charge in [-0.1, -0.05) is 12.1 Å². The fourth-order valence-corrected chi connectivity index (χ4v) is 4.05. The first kappa shape index (κ1) is 18.8. The van der Waals surface area contributed by atoms with Crippen LogP contribution in [0.5, 0.6) is 0 Å². The van der Waals surface area contributed by atoms with Gasteiger partial charge in [0.05, 0.1) is 11.9 Å². The number of ketones is 1. The molecular weight excluding hydrogens is 348 g/mol. The maximum atomic E-state index is 12.8. The lowest BCUT2D eigenvalue weighted by Crippen LogP contribution is -2.30. The number of aromatic nitrogens is 3. The van der Waals surface area contributed by atoms with Crippen LogP contribution in [0.4, 0.5) is 0 Å². The van der Waals surface area contributed by atoms with Gasteiger partial charge in [-0.25, -0.2) is 4.98 Å². The molecule has 1 aliphatic rings. The Hall–Kier alpha value is -2.53. The standard InChI is InChI=1S/C23H28N4O/c1-15(2)27-8-7-19(14-27)23(28)11-21-10-20-9-17(5-6-18(20)12-25-21)22-13-24-16(3)26(22)4/h5-6,9-10,12-13,15,19H,7-8,11,14H2,1-4H3. The number of hydrogen-bond acceptors (Lipinski definition) is 4. The Morgan fingerprint density at radius 2 is 2.00 bits per heavy atom. The van der Waals surface area contributed by atoms with E-state index in [9.17, 15) is 4.79 Å². The lowest BCUT2D eigenvalue weighted by molar-refractivity contribution is -0.121. The zero-order valence-corrected chi connectivity index (χ0v) is 17.1. The Balaban J connectivity index is 1.55. The van der Waals surface area contributed by atoms with Gasteiger partial charge in [-0.05, 0) is 51.3 Å². The molecule has 1 unspecified atom stereocenters. The summed E-state index contributed by atoms with van der Waals surface area (Å²) >= 11 is 0. The minimum absolute atomic E-state index is 0.142. The topological polar surface area (TPSA) is 51.0 Å². The van der Waals surface area contributed by atoms with Crippen LogP contribution < -0.4 is 0 Å². The molecule has 0 N–H and O–H groups in total. The maximum absolute atomic E-state index is 12.8. The number of nitrogens with zero attached hydrogens (tertiary/aromatic N) is 4. The Kier molecular flexibility index (Phi) is 5.02. The molecule has 5 nitrogen and oxygen atoms in total. The summed E-state index contributed by atoms with van der Waals surface area (Å²) in [6, 6.07) is 8.92. The third-order valence-electron chi connectivity index (χ3n) is 6.06. The van der Waals surface area contributed by atoms with Gasteiger partial charge in [0.1, 0.15) is 11.6 Å². The Bertz CT molecular complexity index is 1020. The molecule has 1 saturated heterocycles. The van der Waals surface area contributed by atoms with Gasteiger partial charge in [-0.15, -0.1) is 0 Å². The number of hydrogen-bond donors (Lipinski definition) is 0. The highest BCUT2D eigenvalue weighted by Crippen LogP contribution is 2.26. The van der Waals surface area contributed by atoms with E-state index in [0.717, 1.165) is 53.1 Å². The number of Topliss-reactive ketones (excluding diaryl/α,β-unsaturated/α-hetero) is 1. The molecule has 1 fully saturated rings. The summed E-state index contributed by atoms with van der Waals surface area (Å²) in [5.41, 5.74) is 3.08. The number of imidazole rings is 1. The molecule has 3 aromatic rings. The molecule has 0 bridgehead atoms. The lowest BCUT2D eigenvalue weighted by Gasteiger charge is -2.19. The first-order valence-electron chi connectivity index (χ1n) is 10.1. The van der Waals surface area contributed by atoms with E-state index in [1.54, 1.807) is 0 Å². The predicted octanol–water partition coefficient (Wildman–Crippen LogP) is 3.79. The van der Waals surface area contributed by atoms with Crippen molar-refractivity contribution < 1.29 is 4.79 Å². The molecule has 0 amide bonds. The van der Waals surface area contributed by atoms with E-state index < -0.39 is 0 Å². The van der Waals surface area contributed by atoms with Gasteiger partial charge >= 0.3 is 0 Å². The number of fused-ring (bicyclic) bond motifs is 1. The number of rotatable bonds is 5. The van der Waals surface area contributed by atoms with Crippen LogP contribution in [0, 0.1) is 12.8 Å². The molecule has 5 heteroatoms. The average Bonchev–Trinajstić information content (AvgIpc) is 3.29. The number of carbonyl (C=O) groups excluding carboxylic acids is 1. The van der Waals surface area contributed by atoms with Gasteiger partial charge in [-0.3, -0.25) is 9.78 Å². The Morgan fingerprint density at radius 1 is 1.18 bits per heavy atom. The molecule has 0 spiro atoms. The molecule has 28 heavy (non-hydrogen) atoms. The van der Waals surface area contributed by atoms with E-state index in [1.807, 2.05) is 26.4 Å². The van der Waals surface area contributed by atoms with Gasteiger partial charge in [0.25, 0.3) is 0 Å². The van der Waals surface area contributed by atoms with E-state index in [0.29, 0.717) is 18.2 Å². The zero-order valence-electron chi connectivity index (χ0n) is 17.1. The van der Waals surface area contributed by atoms with Crippen molar-refractivity contribution >= 4 is 16.6 Å². The van der Waals surface area contributed by atoms with Crippen LogP contribution in [-0.4, -0.2) is 44.3 Å². The smallest absolute Gasteiger partial charge is 0.143 e. The highest BCUT2D eigenvalue weighted by atomic mass is 16.1. The summed E-state index contributed by atoms with van der Waals surface area (Å²) in [5.74, 6) is 1.44. The van der Waals surface area contributed by atoms with Crippen molar-refractivity contribution in [3.8, 4) is 11.3 Å². The molecule has 0 aliphatic carbocycles. The molecule has 1 aliphatic heterocycles. The Labute approximate surface area is 166 Å². The van der Waals surface area contributed by atoms with Gasteiger partial charge < -0.3 is 9.47 Å². The zero-order chi connectivity index (χ0) is 19.8. The number of benzene rings is 1. The maximum Gasteiger partial charge on any atom is 0.143 e. The molecule has 1 atom stereocenters. The van der Waals surface area contributed by atoms with Crippen LogP contribution in [0.3, 0.4) is 0 Å². The van der Waals surface area contributed by atoms with Crippen LogP contribution in [0.15, 0.2) is 36.7 Å². The largest absolute Gasteiger partial charge is 0.331 e. The monoisotopic (exact) mass is 376 g/mol. The van der Waals surface area contributed by atoms with Crippen LogP contribution >= 0.6 is 0 Å². The van der Waals surface area contributed by atoms with Gasteiger partial charge in [0, 0.05) is 54.8 Å². The van der Waals surface area contributed by atoms with Gasteiger partial charge in [-0.2, -0.15) is 0 Å². The fraction of sp³-hybridized carbons (Fsp3) is 0.435. The quantitative estimate of drug-likeness (QED) is 0.680. The summed E-state index contributed by atoms with van der Waals surface area (Å²) in [5, 5.41) is 2.20. The third-order valence-corrected chi connectivity index (χ3v) is 6.06. The highest BCUT2D eigenvalue weighted by molar-refractivity contribution is 5.88. The molecule has 0 radical (unpaired) electrons. The van der Waals surface area contributed by atoms with Crippen molar-refractivity contribution in [1.82, 2.24) is 19.4 Å². The van der Waals surface area contributed by atoms with Crippen LogP contribution in [0.1, 0.15) is 31.8 Å². The van der Waals surface area contributed by atoms with E-state index in [4.69, 9.17) is 0 Å². The number of pyridine rings is 1. The van der Waals surface area contributed by atoms with Crippen LogP contribution in [0.25, 0.3) is 22.0 Å². The number of aryl methyl sites for hydroxylation is 1. The number of carbonyl (C=O) groups is 1. The van der Waals surface area contributed by atoms with Crippen molar-refractivity contribution in [2.24, 2.45) is 13.0 Å². The summed E-state index contributed by atoms with van der Waals surface area (Å²) in [6.45, 7) is 8.29. The van der Waals surface area contributed by atoms with E-state index in [-0.39, 0.29) is 5.92 Å². The van der Waals surface area contributed by atoms with Crippen molar-refractivity contribution in [2.75, 3.05) is 13.1 Å². The molecule has 1 aromatic carbocycles. The highest BCUT2D eigenvalue weighted by Gasteiger charge is 2.29. The summed E-state index contributed by atoms with van der Waals surface area (Å²) < 4.78 is 2.09. The lowest BCUT2D eigenvalue weighted by atomic mass is 9.98. The molecule has 0 saturated carbocycles. The van der Waals surface area contributed by atoms with Gasteiger partial charge in [0.2, 0.25) is 0 Å². The first-order valence-corrected chi connectivity index (χ1v) is 10.1. The van der Waals surface area contributed by atoms with Crippen LogP contribution in [-0.2, 0) is 18.3 Å². The first-order chi connectivity index (χ1) is 13.4. The molecule has 4 rings (SSSR count). The Morgan fingerprint density at radius 3 is 2.68 bits per heavy atom. The molecule has 3 heterocycles. The number of likely N-dealkylation sites (tertiary alicyclic amines) is 1. The van der Waals surface area contributed by atoms with E-state index in [1.165, 1.54) is 0 Å². The SMILES string of the molecule is Cc1ncc(-c2ccc3cnc(CC(=O)C4CCN(C(C)C)C4)cc3c2)n1C. The van der Waals surface area contributed by atoms with Crippen LogP contribution in [0.2, 0.25) is 0 Å². The second-order valence-electron chi connectivity index (χ2n) is 8.20. The van der Waals surface area contributed by atoms with E-state index in [2.05, 4.69) is 57.5 Å². The third kappa shape index (κ3) is 3.59. The second-order valence-corrected chi connectivity index (χ2v) is 8.20. The predicted molar refractivity (Wildman–Crippen MR) is 112 cm³/mol.